The van der Waals surface area contributed by atoms with Crippen molar-refractivity contribution in [1.29, 1.82) is 0 Å². The van der Waals surface area contributed by atoms with Gasteiger partial charge >= 0.3 is 0 Å². The normalized spacial score (nSPS) is 21.8. The molecule has 3 nitrogen and oxygen atoms in total. The molecule has 25 heavy (non-hydrogen) atoms. The molecule has 1 aliphatic rings. The second-order valence-corrected chi connectivity index (χ2v) is 8.88. The van der Waals surface area contributed by atoms with Crippen molar-refractivity contribution < 1.29 is 5.11 Å². The fourth-order valence-electron chi connectivity index (χ4n) is 3.27. The molecule has 1 unspecified atom stereocenters. The summed E-state index contributed by atoms with van der Waals surface area (Å²) in [7, 11) is 0. The average Bonchev–Trinajstić information content (AvgIpc) is 2.57. The Balaban J connectivity index is 2.25. The summed E-state index contributed by atoms with van der Waals surface area (Å²) in [6.45, 7) is 12.4. The van der Waals surface area contributed by atoms with Crippen molar-refractivity contribution in [1.82, 2.24) is 10.6 Å². The minimum absolute atomic E-state index is 0.0848. The molecule has 0 bridgehead atoms. The molecule has 0 heterocycles. The van der Waals surface area contributed by atoms with E-state index in [1.54, 1.807) is 0 Å². The van der Waals surface area contributed by atoms with Crippen LogP contribution in [0, 0.1) is 5.41 Å². The first-order valence-corrected chi connectivity index (χ1v) is 10.3. The van der Waals surface area contributed by atoms with E-state index >= 15 is 0 Å². The zero-order valence-electron chi connectivity index (χ0n) is 17.4. The number of rotatable bonds is 12. The third kappa shape index (κ3) is 9.34. The molecule has 0 radical (unpaired) electrons. The fraction of sp³-hybridized carbons (Fsp3) is 0.818. The van der Waals surface area contributed by atoms with E-state index in [1.165, 1.54) is 49.9 Å². The number of allylic oxidation sites excluding steroid dienone is 2. The van der Waals surface area contributed by atoms with Crippen molar-refractivity contribution in [3.63, 3.8) is 0 Å². The number of unbranched alkanes of at least 4 members (excludes halogenated alkanes) is 3. The Morgan fingerprint density at radius 3 is 2.60 bits per heavy atom. The Morgan fingerprint density at radius 2 is 2.00 bits per heavy atom. The van der Waals surface area contributed by atoms with Crippen LogP contribution in [0.5, 0.6) is 0 Å². The third-order valence-electron chi connectivity index (χ3n) is 5.34. The van der Waals surface area contributed by atoms with E-state index < -0.39 is 0 Å². The maximum absolute atomic E-state index is 9.29. The lowest BCUT2D eigenvalue weighted by molar-refractivity contribution is 0.147. The molecule has 0 saturated carbocycles. The molecule has 0 saturated heterocycles. The smallest absolute Gasteiger partial charge is 0.0949 e. The molecular weight excluding hydrogens is 308 g/mol. The lowest BCUT2D eigenvalue weighted by Gasteiger charge is -2.35. The first kappa shape index (κ1) is 22.1. The van der Waals surface area contributed by atoms with Gasteiger partial charge in [0, 0.05) is 18.7 Å². The molecule has 1 aliphatic carbocycles. The SMILES string of the molecule is CC/C=C(/NCCCCCCC(C)(C)CO)NC1(C)CC=C(C)CC1. The standard InChI is InChI=1S/C22H42N2O/c1-6-11-20(24-22(5)15-12-19(2)13-16-22)23-17-10-8-7-9-14-21(3,4)18-25/h11-12,23-25H,6-10,13-18H2,1-5H3/b20-11-. The molecule has 1 atom stereocenters. The highest BCUT2D eigenvalue weighted by Gasteiger charge is 2.26. The van der Waals surface area contributed by atoms with Crippen molar-refractivity contribution in [3.8, 4) is 0 Å². The van der Waals surface area contributed by atoms with E-state index in [2.05, 4.69) is 57.4 Å². The van der Waals surface area contributed by atoms with Crippen molar-refractivity contribution >= 4 is 0 Å². The summed E-state index contributed by atoms with van der Waals surface area (Å²) < 4.78 is 0. The van der Waals surface area contributed by atoms with Gasteiger partial charge in [0.05, 0.1) is 5.82 Å². The fourth-order valence-corrected chi connectivity index (χ4v) is 3.27. The maximum Gasteiger partial charge on any atom is 0.0949 e. The van der Waals surface area contributed by atoms with Crippen LogP contribution in [0.25, 0.3) is 0 Å². The number of nitrogens with one attached hydrogen (secondary N) is 2. The van der Waals surface area contributed by atoms with Crippen LogP contribution in [0.2, 0.25) is 0 Å². The molecule has 0 aliphatic heterocycles. The average molecular weight is 351 g/mol. The van der Waals surface area contributed by atoms with Gasteiger partial charge in [0.25, 0.3) is 0 Å². The van der Waals surface area contributed by atoms with Crippen LogP contribution in [0.4, 0.5) is 0 Å². The van der Waals surface area contributed by atoms with E-state index in [0.29, 0.717) is 6.61 Å². The van der Waals surface area contributed by atoms with Gasteiger partial charge in [-0.05, 0) is 63.9 Å². The number of aliphatic hydroxyl groups excluding tert-OH is 1. The molecule has 146 valence electrons. The summed E-state index contributed by atoms with van der Waals surface area (Å²) in [5.74, 6) is 1.21. The van der Waals surface area contributed by atoms with E-state index in [4.69, 9.17) is 0 Å². The van der Waals surface area contributed by atoms with Crippen LogP contribution < -0.4 is 10.6 Å². The molecule has 0 fully saturated rings. The second-order valence-electron chi connectivity index (χ2n) is 8.88. The van der Waals surface area contributed by atoms with Gasteiger partial charge in [0.1, 0.15) is 0 Å². The van der Waals surface area contributed by atoms with E-state index in [9.17, 15) is 5.11 Å². The van der Waals surface area contributed by atoms with Gasteiger partial charge < -0.3 is 15.7 Å². The maximum atomic E-state index is 9.29. The van der Waals surface area contributed by atoms with Crippen molar-refractivity contribution in [2.75, 3.05) is 13.2 Å². The minimum atomic E-state index is 0.0848. The van der Waals surface area contributed by atoms with Gasteiger partial charge in [0.2, 0.25) is 0 Å². The lowest BCUT2D eigenvalue weighted by Crippen LogP contribution is -2.46. The van der Waals surface area contributed by atoms with Crippen LogP contribution >= 0.6 is 0 Å². The third-order valence-corrected chi connectivity index (χ3v) is 5.34. The Bertz CT molecular complexity index is 439. The highest BCUT2D eigenvalue weighted by molar-refractivity contribution is 5.12. The molecule has 3 N–H and O–H groups in total. The Labute approximate surface area is 156 Å². The summed E-state index contributed by atoms with van der Waals surface area (Å²) in [4.78, 5) is 0. The Kier molecular flexibility index (Phi) is 9.63. The minimum Gasteiger partial charge on any atom is -0.396 e. The molecule has 1 rings (SSSR count). The zero-order valence-corrected chi connectivity index (χ0v) is 17.4. The predicted octanol–water partition coefficient (Wildman–Crippen LogP) is 5.27. The summed E-state index contributed by atoms with van der Waals surface area (Å²) in [6, 6.07) is 0. The summed E-state index contributed by atoms with van der Waals surface area (Å²) >= 11 is 0. The lowest BCUT2D eigenvalue weighted by atomic mass is 9.84. The molecular formula is C22H42N2O. The highest BCUT2D eigenvalue weighted by atomic mass is 16.3. The van der Waals surface area contributed by atoms with Crippen molar-refractivity contribution in [2.24, 2.45) is 5.41 Å². The number of hydrogen-bond acceptors (Lipinski definition) is 3. The van der Waals surface area contributed by atoms with E-state index in [1.807, 2.05) is 0 Å². The van der Waals surface area contributed by atoms with Crippen LogP contribution in [0.1, 0.15) is 92.4 Å². The van der Waals surface area contributed by atoms with Crippen LogP contribution in [0.15, 0.2) is 23.5 Å². The number of aliphatic hydroxyl groups is 1. The first-order valence-electron chi connectivity index (χ1n) is 10.3. The van der Waals surface area contributed by atoms with Gasteiger partial charge in [-0.15, -0.1) is 0 Å². The van der Waals surface area contributed by atoms with Crippen molar-refractivity contribution in [3.05, 3.63) is 23.5 Å². The predicted molar refractivity (Wildman–Crippen MR) is 109 cm³/mol. The molecule has 0 aromatic heterocycles. The van der Waals surface area contributed by atoms with Crippen LogP contribution in [-0.2, 0) is 0 Å². The van der Waals surface area contributed by atoms with Crippen LogP contribution in [-0.4, -0.2) is 23.8 Å². The highest BCUT2D eigenvalue weighted by Crippen LogP contribution is 2.27. The molecule has 0 aromatic rings. The number of hydrogen-bond donors (Lipinski definition) is 3. The van der Waals surface area contributed by atoms with Gasteiger partial charge in [-0.2, -0.15) is 0 Å². The van der Waals surface area contributed by atoms with Gasteiger partial charge in [-0.3, -0.25) is 0 Å². The largest absolute Gasteiger partial charge is 0.396 e. The summed E-state index contributed by atoms with van der Waals surface area (Å²) in [5.41, 5.74) is 1.79. The molecule has 3 heteroatoms. The molecule has 0 aromatic carbocycles. The summed E-state index contributed by atoms with van der Waals surface area (Å²) in [6.07, 6.45) is 15.3. The van der Waals surface area contributed by atoms with Gasteiger partial charge in [-0.1, -0.05) is 51.7 Å². The van der Waals surface area contributed by atoms with Gasteiger partial charge in [0.15, 0.2) is 0 Å². The zero-order chi connectivity index (χ0) is 18.8. The van der Waals surface area contributed by atoms with Crippen LogP contribution in [0.3, 0.4) is 0 Å². The van der Waals surface area contributed by atoms with Gasteiger partial charge in [-0.25, -0.2) is 0 Å². The second kappa shape index (κ2) is 10.9. The van der Waals surface area contributed by atoms with E-state index in [-0.39, 0.29) is 11.0 Å². The topological polar surface area (TPSA) is 44.3 Å². The molecule has 0 spiro atoms. The van der Waals surface area contributed by atoms with E-state index in [0.717, 1.165) is 25.8 Å². The molecule has 0 amide bonds. The Hall–Kier alpha value is -0.960. The Morgan fingerprint density at radius 1 is 1.28 bits per heavy atom. The van der Waals surface area contributed by atoms with Crippen molar-refractivity contribution in [2.45, 2.75) is 97.9 Å². The first-order chi connectivity index (χ1) is 11.8. The quantitative estimate of drug-likeness (QED) is 0.332. The summed E-state index contributed by atoms with van der Waals surface area (Å²) in [5, 5.41) is 16.7. The monoisotopic (exact) mass is 350 g/mol.